The lowest BCUT2D eigenvalue weighted by atomic mass is 9.78. The van der Waals surface area contributed by atoms with Crippen LogP contribution >= 0.6 is 0 Å². The fourth-order valence-electron chi connectivity index (χ4n) is 7.42. The van der Waals surface area contributed by atoms with Crippen molar-refractivity contribution in [3.63, 3.8) is 0 Å². The molecule has 0 bridgehead atoms. The molecule has 0 aliphatic heterocycles. The van der Waals surface area contributed by atoms with Gasteiger partial charge in [0.05, 0.1) is 0 Å². The molecule has 8 aromatic carbocycles. The fourth-order valence-corrected chi connectivity index (χ4v) is 7.42. The zero-order chi connectivity index (χ0) is 29.0. The molecule has 8 aromatic rings. The van der Waals surface area contributed by atoms with E-state index in [4.69, 9.17) is 0 Å². The summed E-state index contributed by atoms with van der Waals surface area (Å²) in [6, 6.07) is 62.1. The van der Waals surface area contributed by atoms with Gasteiger partial charge in [-0.1, -0.05) is 170 Å². The minimum atomic E-state index is 1.22. The first kappa shape index (κ1) is 24.8. The van der Waals surface area contributed by atoms with Gasteiger partial charge in [-0.25, -0.2) is 0 Å². The highest BCUT2D eigenvalue weighted by molar-refractivity contribution is 6.31. The molecule has 9 rings (SSSR count). The SMILES string of the molecule is c1ccc(-c2ccc(-c3ccccc3)c3c(-c4ccccc4)c4c(c(-c5ccccc5)c23)-c2cccc3cccc-4c23)cc1. The molecule has 1 aliphatic carbocycles. The van der Waals surface area contributed by atoms with Gasteiger partial charge < -0.3 is 0 Å². The van der Waals surface area contributed by atoms with E-state index in [1.54, 1.807) is 0 Å². The van der Waals surface area contributed by atoms with E-state index < -0.39 is 0 Å². The van der Waals surface area contributed by atoms with Gasteiger partial charge in [-0.2, -0.15) is 0 Å². The van der Waals surface area contributed by atoms with Crippen molar-refractivity contribution < 1.29 is 0 Å². The van der Waals surface area contributed by atoms with Crippen molar-refractivity contribution in [2.75, 3.05) is 0 Å². The lowest BCUT2D eigenvalue weighted by Gasteiger charge is -2.25. The highest BCUT2D eigenvalue weighted by Gasteiger charge is 2.32. The maximum absolute atomic E-state index is 2.34. The van der Waals surface area contributed by atoms with Crippen LogP contribution in [0.2, 0.25) is 0 Å². The second-order valence-electron chi connectivity index (χ2n) is 11.6. The third-order valence-corrected chi connectivity index (χ3v) is 9.19. The summed E-state index contributed by atoms with van der Waals surface area (Å²) >= 11 is 0. The minimum Gasteiger partial charge on any atom is -0.0622 e. The summed E-state index contributed by atoms with van der Waals surface area (Å²) in [6.07, 6.45) is 0. The van der Waals surface area contributed by atoms with Crippen LogP contribution in [0.15, 0.2) is 170 Å². The molecule has 0 amide bonds. The van der Waals surface area contributed by atoms with Gasteiger partial charge in [0.15, 0.2) is 0 Å². The molecular formula is C44H28. The predicted octanol–water partition coefficient (Wildman–Crippen LogP) is 12.3. The van der Waals surface area contributed by atoms with Crippen LogP contribution in [-0.2, 0) is 0 Å². The highest BCUT2D eigenvalue weighted by Crippen LogP contribution is 2.59. The normalized spacial score (nSPS) is 11.6. The summed E-state index contributed by atoms with van der Waals surface area (Å²) in [4.78, 5) is 0. The Bertz CT molecular complexity index is 2170. The van der Waals surface area contributed by atoms with Crippen molar-refractivity contribution in [3.05, 3.63) is 170 Å². The van der Waals surface area contributed by atoms with Crippen molar-refractivity contribution in [2.45, 2.75) is 0 Å². The average Bonchev–Trinajstić information content (AvgIpc) is 3.43. The molecule has 0 N–H and O–H groups in total. The van der Waals surface area contributed by atoms with E-state index in [1.165, 1.54) is 88.3 Å². The van der Waals surface area contributed by atoms with Gasteiger partial charge in [0, 0.05) is 0 Å². The van der Waals surface area contributed by atoms with Crippen LogP contribution in [0.5, 0.6) is 0 Å². The van der Waals surface area contributed by atoms with Crippen LogP contribution < -0.4 is 0 Å². The fraction of sp³-hybridized carbons (Fsp3) is 0. The molecule has 1 aliphatic rings. The molecule has 0 heterocycles. The molecule has 0 spiro atoms. The van der Waals surface area contributed by atoms with Crippen molar-refractivity contribution in [2.24, 2.45) is 0 Å². The van der Waals surface area contributed by atoms with Crippen LogP contribution in [0.3, 0.4) is 0 Å². The molecule has 0 fully saturated rings. The smallest absolute Gasteiger partial charge is 0.000719 e. The van der Waals surface area contributed by atoms with Crippen molar-refractivity contribution >= 4 is 21.5 Å². The van der Waals surface area contributed by atoms with E-state index in [2.05, 4.69) is 170 Å². The van der Waals surface area contributed by atoms with E-state index in [1.807, 2.05) is 0 Å². The predicted molar refractivity (Wildman–Crippen MR) is 188 cm³/mol. The van der Waals surface area contributed by atoms with Crippen molar-refractivity contribution in [1.82, 2.24) is 0 Å². The molecule has 0 atom stereocenters. The molecule has 0 aromatic heterocycles. The van der Waals surface area contributed by atoms with E-state index in [0.717, 1.165) is 0 Å². The van der Waals surface area contributed by atoms with Gasteiger partial charge in [0.1, 0.15) is 0 Å². The summed E-state index contributed by atoms with van der Waals surface area (Å²) in [6.45, 7) is 0. The maximum Gasteiger partial charge on any atom is -0.000719 e. The topological polar surface area (TPSA) is 0 Å². The largest absolute Gasteiger partial charge is 0.0622 e. The minimum absolute atomic E-state index is 1.22. The van der Waals surface area contributed by atoms with Crippen LogP contribution in [0.4, 0.5) is 0 Å². The maximum atomic E-state index is 2.34. The summed E-state index contributed by atoms with van der Waals surface area (Å²) in [5.74, 6) is 0. The molecule has 0 saturated carbocycles. The summed E-state index contributed by atoms with van der Waals surface area (Å²) in [7, 11) is 0. The number of hydrogen-bond acceptors (Lipinski definition) is 0. The molecule has 0 saturated heterocycles. The Labute approximate surface area is 257 Å². The van der Waals surface area contributed by atoms with Gasteiger partial charge >= 0.3 is 0 Å². The Morgan fingerprint density at radius 1 is 0.205 bits per heavy atom. The second-order valence-corrected chi connectivity index (χ2v) is 11.6. The van der Waals surface area contributed by atoms with E-state index >= 15 is 0 Å². The Morgan fingerprint density at radius 2 is 0.568 bits per heavy atom. The lowest BCUT2D eigenvalue weighted by molar-refractivity contribution is 1.59. The molecule has 0 unspecified atom stereocenters. The first-order valence-electron chi connectivity index (χ1n) is 15.3. The Morgan fingerprint density at radius 3 is 0.955 bits per heavy atom. The number of rotatable bonds is 4. The lowest BCUT2D eigenvalue weighted by Crippen LogP contribution is -1.97. The quantitative estimate of drug-likeness (QED) is 0.202. The van der Waals surface area contributed by atoms with Crippen LogP contribution in [0.1, 0.15) is 0 Å². The third-order valence-electron chi connectivity index (χ3n) is 9.19. The first-order chi connectivity index (χ1) is 21.9. The molecule has 44 heavy (non-hydrogen) atoms. The average molecular weight is 557 g/mol. The Kier molecular flexibility index (Phi) is 5.61. The molecule has 0 nitrogen and oxygen atoms in total. The van der Waals surface area contributed by atoms with Crippen LogP contribution in [0.25, 0.3) is 88.3 Å². The third kappa shape index (κ3) is 3.65. The summed E-state index contributed by atoms with van der Waals surface area (Å²) in [5.41, 5.74) is 15.3. The van der Waals surface area contributed by atoms with E-state index in [-0.39, 0.29) is 0 Å². The van der Waals surface area contributed by atoms with E-state index in [0.29, 0.717) is 0 Å². The highest BCUT2D eigenvalue weighted by atomic mass is 14.3. The van der Waals surface area contributed by atoms with Gasteiger partial charge in [-0.05, 0) is 88.3 Å². The number of hydrogen-bond donors (Lipinski definition) is 0. The van der Waals surface area contributed by atoms with Crippen LogP contribution in [0, 0.1) is 0 Å². The van der Waals surface area contributed by atoms with Crippen molar-refractivity contribution in [1.29, 1.82) is 0 Å². The first-order valence-corrected chi connectivity index (χ1v) is 15.3. The molecule has 0 radical (unpaired) electrons. The zero-order valence-electron chi connectivity index (χ0n) is 24.2. The van der Waals surface area contributed by atoms with Gasteiger partial charge in [0.25, 0.3) is 0 Å². The monoisotopic (exact) mass is 556 g/mol. The van der Waals surface area contributed by atoms with E-state index in [9.17, 15) is 0 Å². The summed E-state index contributed by atoms with van der Waals surface area (Å²) in [5, 5.41) is 5.22. The second kappa shape index (κ2) is 9.93. The Balaban J connectivity index is 1.61. The van der Waals surface area contributed by atoms with Gasteiger partial charge in [-0.15, -0.1) is 0 Å². The zero-order valence-corrected chi connectivity index (χ0v) is 24.2. The molecule has 0 heteroatoms. The summed E-state index contributed by atoms with van der Waals surface area (Å²) < 4.78 is 0. The van der Waals surface area contributed by atoms with Crippen molar-refractivity contribution in [3.8, 4) is 66.8 Å². The number of fused-ring (bicyclic) bond motifs is 4. The number of benzene rings is 8. The van der Waals surface area contributed by atoms with Crippen LogP contribution in [-0.4, -0.2) is 0 Å². The van der Waals surface area contributed by atoms with Gasteiger partial charge in [-0.3, -0.25) is 0 Å². The Hall–Kier alpha value is -5.72. The standard InChI is InChI=1S/C44H28/c1-5-15-29(16-6-1)34-27-28-35(30-17-7-2-8-18-30)42-40(33-21-11-4-12-22-33)44-37-26-14-24-31-23-13-25-36(38(31)37)43(44)39(41(34)42)32-19-9-3-10-20-32/h1-28H. The van der Waals surface area contributed by atoms with Gasteiger partial charge in [0.2, 0.25) is 0 Å². The molecular weight excluding hydrogens is 528 g/mol. The molecule has 204 valence electrons.